The van der Waals surface area contributed by atoms with Crippen LogP contribution in [0.25, 0.3) is 0 Å². The van der Waals surface area contributed by atoms with Crippen molar-refractivity contribution in [2.24, 2.45) is 5.92 Å². The number of nitrogens with zero attached hydrogens (tertiary/aromatic N) is 1. The van der Waals surface area contributed by atoms with Crippen molar-refractivity contribution in [1.29, 1.82) is 0 Å². The molecular weight excluding hydrogens is 376 g/mol. The SMILES string of the molecule is CCO[C@]1(C(=O)Nc2ccc(OCCCN3CCCC[C@@H]3C)cc2)CCC[C@H](C)C1. The minimum absolute atomic E-state index is 0.0137. The monoisotopic (exact) mass is 416 g/mol. The van der Waals surface area contributed by atoms with Gasteiger partial charge in [0.2, 0.25) is 0 Å². The maximum Gasteiger partial charge on any atom is 0.256 e. The van der Waals surface area contributed by atoms with E-state index in [1.807, 2.05) is 31.2 Å². The normalized spacial score (nSPS) is 27.6. The van der Waals surface area contributed by atoms with E-state index in [1.165, 1.54) is 32.2 Å². The van der Waals surface area contributed by atoms with Gasteiger partial charge in [-0.2, -0.15) is 0 Å². The molecule has 1 aromatic rings. The smallest absolute Gasteiger partial charge is 0.256 e. The maximum absolute atomic E-state index is 13.0. The lowest BCUT2D eigenvalue weighted by atomic mass is 9.78. The number of carbonyl (C=O) groups excluding carboxylic acids is 1. The second kappa shape index (κ2) is 11.1. The van der Waals surface area contributed by atoms with E-state index >= 15 is 0 Å². The number of hydrogen-bond acceptors (Lipinski definition) is 4. The fourth-order valence-electron chi connectivity index (χ4n) is 5.01. The zero-order valence-corrected chi connectivity index (χ0v) is 19.1. The van der Waals surface area contributed by atoms with Gasteiger partial charge in [-0.15, -0.1) is 0 Å². The largest absolute Gasteiger partial charge is 0.494 e. The molecule has 0 bridgehead atoms. The lowest BCUT2D eigenvalue weighted by molar-refractivity contribution is -0.147. The Labute approximate surface area is 182 Å². The van der Waals surface area contributed by atoms with Gasteiger partial charge in [0.1, 0.15) is 11.4 Å². The van der Waals surface area contributed by atoms with E-state index < -0.39 is 5.60 Å². The summed E-state index contributed by atoms with van der Waals surface area (Å²) in [4.78, 5) is 15.6. The topological polar surface area (TPSA) is 50.8 Å². The Kier molecular flexibility index (Phi) is 8.58. The van der Waals surface area contributed by atoms with Crippen LogP contribution in [0, 0.1) is 5.92 Å². The van der Waals surface area contributed by atoms with E-state index in [4.69, 9.17) is 9.47 Å². The van der Waals surface area contributed by atoms with Crippen LogP contribution in [0.3, 0.4) is 0 Å². The average molecular weight is 417 g/mol. The zero-order chi connectivity index (χ0) is 21.4. The van der Waals surface area contributed by atoms with E-state index in [1.54, 1.807) is 0 Å². The number of nitrogens with one attached hydrogen (secondary N) is 1. The predicted octanol–water partition coefficient (Wildman–Crippen LogP) is 5.25. The van der Waals surface area contributed by atoms with E-state index in [-0.39, 0.29) is 5.91 Å². The number of benzene rings is 1. The molecule has 3 atom stereocenters. The van der Waals surface area contributed by atoms with Crippen molar-refractivity contribution < 1.29 is 14.3 Å². The van der Waals surface area contributed by atoms with E-state index in [0.717, 1.165) is 50.3 Å². The van der Waals surface area contributed by atoms with Crippen LogP contribution in [0.15, 0.2) is 24.3 Å². The molecule has 0 spiro atoms. The van der Waals surface area contributed by atoms with Gasteiger partial charge in [-0.3, -0.25) is 4.79 Å². The fraction of sp³-hybridized carbons (Fsp3) is 0.720. The first-order valence-electron chi connectivity index (χ1n) is 11.9. The summed E-state index contributed by atoms with van der Waals surface area (Å²) in [6, 6.07) is 8.43. The van der Waals surface area contributed by atoms with Gasteiger partial charge in [0, 0.05) is 24.9 Å². The number of rotatable bonds is 9. The van der Waals surface area contributed by atoms with Crippen molar-refractivity contribution >= 4 is 11.6 Å². The molecule has 1 aliphatic heterocycles. The van der Waals surface area contributed by atoms with Gasteiger partial charge in [0.05, 0.1) is 6.61 Å². The van der Waals surface area contributed by atoms with Crippen LogP contribution in [-0.2, 0) is 9.53 Å². The summed E-state index contributed by atoms with van der Waals surface area (Å²) in [6.07, 6.45) is 8.85. The number of piperidine rings is 1. The summed E-state index contributed by atoms with van der Waals surface area (Å²) in [5.74, 6) is 1.35. The molecule has 1 saturated heterocycles. The molecule has 30 heavy (non-hydrogen) atoms. The summed E-state index contributed by atoms with van der Waals surface area (Å²) < 4.78 is 11.9. The highest BCUT2D eigenvalue weighted by molar-refractivity contribution is 5.97. The highest BCUT2D eigenvalue weighted by atomic mass is 16.5. The molecular formula is C25H40N2O3. The maximum atomic E-state index is 13.0. The van der Waals surface area contributed by atoms with Crippen LogP contribution in [0.4, 0.5) is 5.69 Å². The predicted molar refractivity (Wildman–Crippen MR) is 122 cm³/mol. The van der Waals surface area contributed by atoms with Gasteiger partial charge in [-0.05, 0) is 89.1 Å². The average Bonchev–Trinajstić information content (AvgIpc) is 2.74. The van der Waals surface area contributed by atoms with Crippen LogP contribution < -0.4 is 10.1 Å². The third-order valence-corrected chi connectivity index (χ3v) is 6.70. The molecule has 1 aromatic carbocycles. The zero-order valence-electron chi connectivity index (χ0n) is 19.1. The Bertz CT molecular complexity index is 659. The Morgan fingerprint density at radius 2 is 1.97 bits per heavy atom. The summed E-state index contributed by atoms with van der Waals surface area (Å²) in [6.45, 7) is 10.1. The highest BCUT2D eigenvalue weighted by Crippen LogP contribution is 2.36. The second-order valence-electron chi connectivity index (χ2n) is 9.19. The van der Waals surface area contributed by atoms with Crippen LogP contribution in [0.2, 0.25) is 0 Å². The van der Waals surface area contributed by atoms with Gasteiger partial charge in [0.15, 0.2) is 0 Å². The first-order chi connectivity index (χ1) is 14.5. The number of hydrogen-bond donors (Lipinski definition) is 1. The third-order valence-electron chi connectivity index (χ3n) is 6.70. The summed E-state index contributed by atoms with van der Waals surface area (Å²) >= 11 is 0. The Morgan fingerprint density at radius 3 is 2.67 bits per heavy atom. The Morgan fingerprint density at radius 1 is 1.17 bits per heavy atom. The first kappa shape index (κ1) is 23.1. The van der Waals surface area contributed by atoms with Crippen LogP contribution in [0.1, 0.15) is 72.1 Å². The van der Waals surface area contributed by atoms with Gasteiger partial charge in [-0.25, -0.2) is 0 Å². The Balaban J connectivity index is 1.46. The fourth-order valence-corrected chi connectivity index (χ4v) is 5.01. The minimum atomic E-state index is -0.687. The first-order valence-corrected chi connectivity index (χ1v) is 11.9. The van der Waals surface area contributed by atoms with E-state index in [2.05, 4.69) is 24.1 Å². The molecule has 1 amide bonds. The molecule has 2 fully saturated rings. The van der Waals surface area contributed by atoms with Gasteiger partial charge in [0.25, 0.3) is 5.91 Å². The lowest BCUT2D eigenvalue weighted by Gasteiger charge is -2.38. The third kappa shape index (κ3) is 6.21. The quantitative estimate of drug-likeness (QED) is 0.558. The number of anilines is 1. The van der Waals surface area contributed by atoms with Crippen molar-refractivity contribution in [3.8, 4) is 5.75 Å². The Hall–Kier alpha value is -1.59. The number of ether oxygens (including phenoxy) is 2. The summed E-state index contributed by atoms with van der Waals surface area (Å²) in [5.41, 5.74) is 0.111. The number of likely N-dealkylation sites (tertiary alicyclic amines) is 1. The van der Waals surface area contributed by atoms with Gasteiger partial charge >= 0.3 is 0 Å². The lowest BCUT2D eigenvalue weighted by Crippen LogP contribution is -2.48. The summed E-state index contributed by atoms with van der Waals surface area (Å²) in [7, 11) is 0. The van der Waals surface area contributed by atoms with Crippen molar-refractivity contribution in [3.05, 3.63) is 24.3 Å². The van der Waals surface area contributed by atoms with E-state index in [9.17, 15) is 4.79 Å². The van der Waals surface area contributed by atoms with Crippen molar-refractivity contribution in [3.63, 3.8) is 0 Å². The molecule has 0 unspecified atom stereocenters. The summed E-state index contributed by atoms with van der Waals surface area (Å²) in [5, 5.41) is 3.07. The number of carbonyl (C=O) groups is 1. The highest BCUT2D eigenvalue weighted by Gasteiger charge is 2.42. The molecule has 5 nitrogen and oxygen atoms in total. The van der Waals surface area contributed by atoms with Crippen molar-refractivity contribution in [2.45, 2.75) is 83.8 Å². The van der Waals surface area contributed by atoms with Gasteiger partial charge < -0.3 is 19.7 Å². The van der Waals surface area contributed by atoms with Crippen molar-refractivity contribution in [2.75, 3.05) is 31.6 Å². The van der Waals surface area contributed by atoms with Gasteiger partial charge in [-0.1, -0.05) is 19.8 Å². The molecule has 1 N–H and O–H groups in total. The van der Waals surface area contributed by atoms with Crippen LogP contribution in [-0.4, -0.2) is 48.8 Å². The van der Waals surface area contributed by atoms with Crippen LogP contribution >= 0.6 is 0 Å². The molecule has 3 rings (SSSR count). The molecule has 5 heteroatoms. The molecule has 1 aliphatic carbocycles. The molecule has 0 radical (unpaired) electrons. The molecule has 1 heterocycles. The second-order valence-corrected chi connectivity index (χ2v) is 9.19. The standard InChI is InChI=1S/C25H40N2O3/c1-4-30-25(15-7-9-20(2)19-25)24(28)26-22-11-13-23(14-12-22)29-18-8-17-27-16-6-5-10-21(27)3/h11-14,20-21H,4-10,15-19H2,1-3H3,(H,26,28)/t20-,21-,25+/m0/s1. The molecule has 1 saturated carbocycles. The minimum Gasteiger partial charge on any atom is -0.494 e. The number of amides is 1. The van der Waals surface area contributed by atoms with E-state index in [0.29, 0.717) is 18.6 Å². The molecule has 0 aromatic heterocycles. The molecule has 2 aliphatic rings. The van der Waals surface area contributed by atoms with Crippen LogP contribution in [0.5, 0.6) is 5.75 Å². The molecule has 168 valence electrons. The van der Waals surface area contributed by atoms with Crippen molar-refractivity contribution in [1.82, 2.24) is 4.90 Å².